The fraction of sp³-hybridized carbons (Fsp3) is 0.875. The van der Waals surface area contributed by atoms with E-state index in [2.05, 4.69) is 18.7 Å². The molecule has 0 spiro atoms. The average Bonchev–Trinajstić information content (AvgIpc) is 1.82. The first-order chi connectivity index (χ1) is 4.74. The van der Waals surface area contributed by atoms with Crippen molar-refractivity contribution < 1.29 is 5.11 Å². The van der Waals surface area contributed by atoms with Crippen LogP contribution in [0.15, 0.2) is 0 Å². The van der Waals surface area contributed by atoms with Crippen molar-refractivity contribution in [3.8, 4) is 0 Å². The Morgan fingerprint density at radius 3 is 2.60 bits per heavy atom. The molecule has 1 unspecified atom stereocenters. The van der Waals surface area contributed by atoms with E-state index in [4.69, 9.17) is 5.11 Å². The summed E-state index contributed by atoms with van der Waals surface area (Å²) >= 11 is 0. The zero-order chi connectivity index (χ0) is 7.56. The van der Waals surface area contributed by atoms with Crippen molar-refractivity contribution in [3.63, 3.8) is 0 Å². The Bertz CT molecular complexity index is 101. The number of aliphatic hydroxyl groups excluding tert-OH is 1. The molecular weight excluding hydrogens is 126 g/mol. The summed E-state index contributed by atoms with van der Waals surface area (Å²) in [6.07, 6.45) is 1.17. The number of likely N-dealkylation sites (tertiary alicyclic amines) is 1. The predicted molar refractivity (Wildman–Crippen MR) is 41.7 cm³/mol. The summed E-state index contributed by atoms with van der Waals surface area (Å²) < 4.78 is 0. The minimum Gasteiger partial charge on any atom is -0.395 e. The van der Waals surface area contributed by atoms with Gasteiger partial charge in [-0.1, -0.05) is 13.8 Å². The van der Waals surface area contributed by atoms with E-state index in [-0.39, 0.29) is 0 Å². The summed E-state index contributed by atoms with van der Waals surface area (Å²) in [6.45, 7) is 6.81. The van der Waals surface area contributed by atoms with E-state index in [1.54, 1.807) is 0 Å². The van der Waals surface area contributed by atoms with Crippen LogP contribution in [0.25, 0.3) is 0 Å². The molecule has 1 atom stereocenters. The first-order valence-electron chi connectivity index (χ1n) is 3.88. The summed E-state index contributed by atoms with van der Waals surface area (Å²) in [6, 6.07) is 0.454. The number of hydrogen-bond acceptors (Lipinski definition) is 2. The van der Waals surface area contributed by atoms with Gasteiger partial charge in [0.1, 0.15) is 0 Å². The fourth-order valence-electron chi connectivity index (χ4n) is 1.32. The van der Waals surface area contributed by atoms with Crippen LogP contribution in [0.2, 0.25) is 0 Å². The highest BCUT2D eigenvalue weighted by Crippen LogP contribution is 2.18. The monoisotopic (exact) mass is 142 g/mol. The second-order valence-corrected chi connectivity index (χ2v) is 3.30. The predicted octanol–water partition coefficient (Wildman–Crippen LogP) is 0.667. The minimum atomic E-state index is 0.327. The van der Waals surface area contributed by atoms with Crippen molar-refractivity contribution in [1.29, 1.82) is 0 Å². The molecule has 0 amide bonds. The molecular formula is C8H16NO. The van der Waals surface area contributed by atoms with Crippen molar-refractivity contribution >= 4 is 0 Å². The largest absolute Gasteiger partial charge is 0.395 e. The summed E-state index contributed by atoms with van der Waals surface area (Å²) in [5, 5.41) is 8.82. The highest BCUT2D eigenvalue weighted by atomic mass is 16.3. The van der Waals surface area contributed by atoms with Crippen LogP contribution < -0.4 is 0 Å². The fourth-order valence-corrected chi connectivity index (χ4v) is 1.32. The van der Waals surface area contributed by atoms with E-state index in [1.165, 1.54) is 12.3 Å². The first-order valence-corrected chi connectivity index (χ1v) is 3.88. The van der Waals surface area contributed by atoms with Gasteiger partial charge in [-0.25, -0.2) is 0 Å². The Balaban J connectivity index is 2.16. The van der Waals surface area contributed by atoms with E-state index in [0.29, 0.717) is 12.6 Å². The van der Waals surface area contributed by atoms with Crippen LogP contribution in [0.5, 0.6) is 0 Å². The van der Waals surface area contributed by atoms with Gasteiger partial charge in [0.2, 0.25) is 0 Å². The van der Waals surface area contributed by atoms with Gasteiger partial charge in [0.05, 0.1) is 6.61 Å². The normalized spacial score (nSPS) is 27.0. The lowest BCUT2D eigenvalue weighted by molar-refractivity contribution is 0.0469. The van der Waals surface area contributed by atoms with Crippen LogP contribution in [0.3, 0.4) is 0 Å². The number of aliphatic hydroxyl groups is 1. The van der Waals surface area contributed by atoms with Gasteiger partial charge in [0.25, 0.3) is 0 Å². The third-order valence-corrected chi connectivity index (χ3v) is 2.00. The van der Waals surface area contributed by atoms with Crippen molar-refractivity contribution in [3.05, 3.63) is 5.92 Å². The lowest BCUT2D eigenvalue weighted by Gasteiger charge is -2.40. The molecule has 0 aromatic carbocycles. The van der Waals surface area contributed by atoms with Crippen LogP contribution in [0.4, 0.5) is 0 Å². The summed E-state index contributed by atoms with van der Waals surface area (Å²) in [5.74, 6) is 1.43. The molecule has 0 saturated carbocycles. The molecule has 0 aliphatic carbocycles. The molecule has 10 heavy (non-hydrogen) atoms. The summed E-state index contributed by atoms with van der Waals surface area (Å²) in [4.78, 5) is 2.31. The standard InChI is InChI=1S/C8H16NO/c1-7(2)5-9-4-3-8(9)6-10/h8,10H,3-6H2,1-2H3. The third kappa shape index (κ3) is 1.70. The molecule has 0 bridgehead atoms. The first kappa shape index (κ1) is 8.02. The van der Waals surface area contributed by atoms with Crippen molar-refractivity contribution in [2.24, 2.45) is 0 Å². The zero-order valence-corrected chi connectivity index (χ0v) is 6.80. The van der Waals surface area contributed by atoms with Gasteiger partial charge in [0.15, 0.2) is 0 Å². The molecule has 2 heteroatoms. The number of nitrogens with zero attached hydrogens (tertiary/aromatic N) is 1. The maximum absolute atomic E-state index is 8.82. The molecule has 1 saturated heterocycles. The van der Waals surface area contributed by atoms with Gasteiger partial charge in [-0.3, -0.25) is 4.90 Å². The summed E-state index contributed by atoms with van der Waals surface area (Å²) in [7, 11) is 0. The zero-order valence-electron chi connectivity index (χ0n) is 6.80. The maximum Gasteiger partial charge on any atom is 0.0587 e. The Morgan fingerprint density at radius 2 is 2.30 bits per heavy atom. The van der Waals surface area contributed by atoms with E-state index in [0.717, 1.165) is 13.1 Å². The second-order valence-electron chi connectivity index (χ2n) is 3.30. The highest BCUT2D eigenvalue weighted by Gasteiger charge is 2.26. The third-order valence-electron chi connectivity index (χ3n) is 2.00. The molecule has 1 aliphatic heterocycles. The van der Waals surface area contributed by atoms with Crippen molar-refractivity contribution in [2.45, 2.75) is 26.3 Å². The van der Waals surface area contributed by atoms with E-state index in [9.17, 15) is 0 Å². The second kappa shape index (κ2) is 3.35. The van der Waals surface area contributed by atoms with Crippen LogP contribution in [0, 0.1) is 5.92 Å². The smallest absolute Gasteiger partial charge is 0.0587 e. The Morgan fingerprint density at radius 1 is 1.60 bits per heavy atom. The van der Waals surface area contributed by atoms with E-state index >= 15 is 0 Å². The number of rotatable bonds is 3. The van der Waals surface area contributed by atoms with Crippen molar-refractivity contribution in [2.75, 3.05) is 19.7 Å². The highest BCUT2D eigenvalue weighted by molar-refractivity contribution is 4.90. The number of hydrogen-bond donors (Lipinski definition) is 1. The Hall–Kier alpha value is -0.0800. The lowest BCUT2D eigenvalue weighted by Crippen LogP contribution is -2.50. The molecule has 1 rings (SSSR count). The molecule has 1 fully saturated rings. The Kier molecular flexibility index (Phi) is 2.69. The van der Waals surface area contributed by atoms with Gasteiger partial charge in [-0.05, 0) is 12.3 Å². The molecule has 1 radical (unpaired) electrons. The van der Waals surface area contributed by atoms with Gasteiger partial charge in [-0.15, -0.1) is 0 Å². The van der Waals surface area contributed by atoms with Gasteiger partial charge in [-0.2, -0.15) is 0 Å². The summed E-state index contributed by atoms with van der Waals surface area (Å²) in [5.41, 5.74) is 0. The van der Waals surface area contributed by atoms with Gasteiger partial charge < -0.3 is 5.11 Å². The molecule has 0 aromatic heterocycles. The van der Waals surface area contributed by atoms with Crippen LogP contribution in [-0.2, 0) is 0 Å². The molecule has 0 aromatic rings. The maximum atomic E-state index is 8.82. The Labute approximate surface area is 62.8 Å². The molecule has 1 heterocycles. The van der Waals surface area contributed by atoms with E-state index in [1.807, 2.05) is 0 Å². The SMILES string of the molecule is C[C](C)CN1CCC1CO. The van der Waals surface area contributed by atoms with Gasteiger partial charge in [0, 0.05) is 19.1 Å². The van der Waals surface area contributed by atoms with E-state index < -0.39 is 0 Å². The average molecular weight is 142 g/mol. The van der Waals surface area contributed by atoms with Crippen molar-refractivity contribution in [1.82, 2.24) is 4.90 Å². The van der Waals surface area contributed by atoms with Crippen LogP contribution >= 0.6 is 0 Å². The van der Waals surface area contributed by atoms with Gasteiger partial charge >= 0.3 is 0 Å². The minimum absolute atomic E-state index is 0.327. The molecule has 59 valence electrons. The van der Waals surface area contributed by atoms with Crippen LogP contribution in [-0.4, -0.2) is 35.7 Å². The quantitative estimate of drug-likeness (QED) is 0.626. The molecule has 1 N–H and O–H groups in total. The topological polar surface area (TPSA) is 23.5 Å². The molecule has 1 aliphatic rings. The lowest BCUT2D eigenvalue weighted by atomic mass is 10.0. The van der Waals surface area contributed by atoms with Crippen LogP contribution in [0.1, 0.15) is 20.3 Å². The molecule has 2 nitrogen and oxygen atoms in total.